The van der Waals surface area contributed by atoms with Gasteiger partial charge in [-0.05, 0) is 25.0 Å². The summed E-state index contributed by atoms with van der Waals surface area (Å²) in [6.07, 6.45) is 6.34. The van der Waals surface area contributed by atoms with E-state index >= 15 is 0 Å². The number of pyridine rings is 1. The Balaban J connectivity index is 2.03. The van der Waals surface area contributed by atoms with Crippen molar-refractivity contribution in [1.82, 2.24) is 14.7 Å². The quantitative estimate of drug-likeness (QED) is 0.820. The number of aryl methyl sites for hydroxylation is 1. The third-order valence-electron chi connectivity index (χ3n) is 2.92. The molecule has 0 saturated heterocycles. The Morgan fingerprint density at radius 3 is 3.06 bits per heavy atom. The molecule has 0 spiro atoms. The molecule has 4 nitrogen and oxygen atoms in total. The fraction of sp³-hybridized carbons (Fsp3) is 0.429. The van der Waals surface area contributed by atoms with Crippen LogP contribution < -0.4 is 5.32 Å². The number of hydrogen-bond acceptors (Lipinski definition) is 2. The number of carbonyl (C=O) groups is 1. The molecule has 0 bridgehead atoms. The molecular formula is C14H19N3O. The van der Waals surface area contributed by atoms with Gasteiger partial charge < -0.3 is 9.72 Å². The van der Waals surface area contributed by atoms with Crippen LogP contribution in [0.4, 0.5) is 0 Å². The Labute approximate surface area is 107 Å². The normalized spacial score (nSPS) is 10.8. The maximum atomic E-state index is 11.7. The molecule has 4 heteroatoms. The number of fused-ring (bicyclic) bond motifs is 1. The van der Waals surface area contributed by atoms with Gasteiger partial charge in [0.05, 0.1) is 12.1 Å². The lowest BCUT2D eigenvalue weighted by Gasteiger charge is -2.01. The second-order valence-electron chi connectivity index (χ2n) is 4.53. The summed E-state index contributed by atoms with van der Waals surface area (Å²) in [5.41, 5.74) is 2.86. The molecule has 2 heterocycles. The molecule has 2 aromatic rings. The third kappa shape index (κ3) is 2.88. The molecule has 0 unspecified atom stereocenters. The highest BCUT2D eigenvalue weighted by Crippen LogP contribution is 2.10. The van der Waals surface area contributed by atoms with Crippen LogP contribution in [0.25, 0.3) is 5.65 Å². The first-order valence-electron chi connectivity index (χ1n) is 6.40. The summed E-state index contributed by atoms with van der Waals surface area (Å²) in [5, 5.41) is 2.90. The van der Waals surface area contributed by atoms with Crippen molar-refractivity contribution >= 4 is 11.6 Å². The van der Waals surface area contributed by atoms with Crippen molar-refractivity contribution in [3.8, 4) is 0 Å². The van der Waals surface area contributed by atoms with Crippen LogP contribution >= 0.6 is 0 Å². The summed E-state index contributed by atoms with van der Waals surface area (Å²) in [6, 6.07) is 4.00. The van der Waals surface area contributed by atoms with Gasteiger partial charge in [-0.25, -0.2) is 4.98 Å². The van der Waals surface area contributed by atoms with E-state index in [1.807, 2.05) is 35.9 Å². The topological polar surface area (TPSA) is 46.4 Å². The van der Waals surface area contributed by atoms with Gasteiger partial charge in [-0.2, -0.15) is 0 Å². The molecule has 1 amide bonds. The number of hydrogen-bond donors (Lipinski definition) is 1. The van der Waals surface area contributed by atoms with Crippen LogP contribution in [0.1, 0.15) is 31.0 Å². The van der Waals surface area contributed by atoms with Crippen molar-refractivity contribution in [3.05, 3.63) is 35.8 Å². The number of aromatic nitrogens is 2. The van der Waals surface area contributed by atoms with E-state index in [1.54, 1.807) is 0 Å². The summed E-state index contributed by atoms with van der Waals surface area (Å²) in [4.78, 5) is 16.2. The predicted octanol–water partition coefficient (Wildman–Crippen LogP) is 2.10. The minimum Gasteiger partial charge on any atom is -0.356 e. The number of nitrogens with one attached hydrogen (secondary N) is 1. The lowest BCUT2D eigenvalue weighted by Crippen LogP contribution is -2.26. The molecule has 0 aliphatic carbocycles. The van der Waals surface area contributed by atoms with Crippen LogP contribution in [0, 0.1) is 6.92 Å². The summed E-state index contributed by atoms with van der Waals surface area (Å²) in [6.45, 7) is 4.88. The fourth-order valence-electron chi connectivity index (χ4n) is 1.92. The monoisotopic (exact) mass is 245 g/mol. The van der Waals surface area contributed by atoms with E-state index in [1.165, 1.54) is 0 Å². The van der Waals surface area contributed by atoms with Gasteiger partial charge in [-0.15, -0.1) is 0 Å². The molecule has 96 valence electrons. The van der Waals surface area contributed by atoms with E-state index in [4.69, 9.17) is 0 Å². The minimum absolute atomic E-state index is 0.0458. The van der Waals surface area contributed by atoms with Gasteiger partial charge >= 0.3 is 0 Å². The number of unbranched alkanes of at least 4 members (excludes halogenated alkanes) is 1. The first-order valence-corrected chi connectivity index (χ1v) is 6.40. The van der Waals surface area contributed by atoms with Crippen molar-refractivity contribution in [2.45, 2.75) is 33.1 Å². The molecule has 0 atom stereocenters. The molecule has 2 aromatic heterocycles. The van der Waals surface area contributed by atoms with Crippen molar-refractivity contribution in [2.24, 2.45) is 0 Å². The number of nitrogens with zero attached hydrogens (tertiary/aromatic N) is 2. The first-order chi connectivity index (χ1) is 8.70. The van der Waals surface area contributed by atoms with E-state index in [2.05, 4.69) is 17.2 Å². The summed E-state index contributed by atoms with van der Waals surface area (Å²) < 4.78 is 1.96. The van der Waals surface area contributed by atoms with Gasteiger partial charge in [0.2, 0.25) is 5.91 Å². The molecule has 0 aromatic carbocycles. The van der Waals surface area contributed by atoms with E-state index < -0.39 is 0 Å². The minimum atomic E-state index is 0.0458. The highest BCUT2D eigenvalue weighted by molar-refractivity contribution is 5.78. The molecule has 1 N–H and O–H groups in total. The molecule has 18 heavy (non-hydrogen) atoms. The van der Waals surface area contributed by atoms with Gasteiger partial charge in [0.25, 0.3) is 0 Å². The third-order valence-corrected chi connectivity index (χ3v) is 2.92. The second-order valence-corrected chi connectivity index (χ2v) is 4.53. The number of carbonyl (C=O) groups excluding carboxylic acids is 1. The number of imidazole rings is 1. The Morgan fingerprint density at radius 1 is 1.50 bits per heavy atom. The SMILES string of the molecule is CCCCNC(=O)Cc1cn2cccc(C)c2n1. The lowest BCUT2D eigenvalue weighted by molar-refractivity contribution is -0.120. The maximum absolute atomic E-state index is 11.7. The zero-order chi connectivity index (χ0) is 13.0. The van der Waals surface area contributed by atoms with Crippen LogP contribution in [-0.4, -0.2) is 21.8 Å². The van der Waals surface area contributed by atoms with Gasteiger partial charge in [-0.1, -0.05) is 19.4 Å². The van der Waals surface area contributed by atoms with Crippen molar-refractivity contribution < 1.29 is 4.79 Å². The molecule has 0 aliphatic heterocycles. The van der Waals surface area contributed by atoms with E-state index in [0.29, 0.717) is 6.42 Å². The molecule has 0 aliphatic rings. The Bertz CT molecular complexity index is 545. The van der Waals surface area contributed by atoms with E-state index in [0.717, 1.165) is 36.3 Å². The molecule has 0 saturated carbocycles. The van der Waals surface area contributed by atoms with Crippen LogP contribution in [-0.2, 0) is 11.2 Å². The lowest BCUT2D eigenvalue weighted by atomic mass is 10.3. The first kappa shape index (κ1) is 12.6. The average Bonchev–Trinajstić information content (AvgIpc) is 2.73. The molecule has 0 radical (unpaired) electrons. The van der Waals surface area contributed by atoms with Crippen molar-refractivity contribution in [2.75, 3.05) is 6.54 Å². The zero-order valence-corrected chi connectivity index (χ0v) is 10.9. The van der Waals surface area contributed by atoms with Crippen LogP contribution in [0.2, 0.25) is 0 Å². The smallest absolute Gasteiger partial charge is 0.226 e. The zero-order valence-electron chi connectivity index (χ0n) is 10.9. The number of amides is 1. The second kappa shape index (κ2) is 5.67. The van der Waals surface area contributed by atoms with Crippen LogP contribution in [0.15, 0.2) is 24.5 Å². The van der Waals surface area contributed by atoms with Crippen molar-refractivity contribution in [3.63, 3.8) is 0 Å². The highest BCUT2D eigenvalue weighted by atomic mass is 16.1. The molecule has 0 fully saturated rings. The largest absolute Gasteiger partial charge is 0.356 e. The van der Waals surface area contributed by atoms with E-state index in [9.17, 15) is 4.79 Å². The maximum Gasteiger partial charge on any atom is 0.226 e. The Hall–Kier alpha value is -1.84. The summed E-state index contributed by atoms with van der Waals surface area (Å²) in [5.74, 6) is 0.0458. The highest BCUT2D eigenvalue weighted by Gasteiger charge is 2.07. The van der Waals surface area contributed by atoms with Gasteiger partial charge in [0.15, 0.2) is 0 Å². The Morgan fingerprint density at radius 2 is 2.33 bits per heavy atom. The summed E-state index contributed by atoms with van der Waals surface area (Å²) >= 11 is 0. The van der Waals surface area contributed by atoms with E-state index in [-0.39, 0.29) is 5.91 Å². The fourth-order valence-corrected chi connectivity index (χ4v) is 1.92. The molecule has 2 rings (SSSR count). The van der Waals surface area contributed by atoms with Crippen molar-refractivity contribution in [1.29, 1.82) is 0 Å². The summed E-state index contributed by atoms with van der Waals surface area (Å²) in [7, 11) is 0. The van der Waals surface area contributed by atoms with Crippen LogP contribution in [0.5, 0.6) is 0 Å². The standard InChI is InChI=1S/C14H19N3O/c1-3-4-7-15-13(18)9-12-10-17-8-5-6-11(2)14(17)16-12/h5-6,8,10H,3-4,7,9H2,1-2H3,(H,15,18). The Kier molecular flexibility index (Phi) is 3.97. The predicted molar refractivity (Wildman–Crippen MR) is 71.6 cm³/mol. The average molecular weight is 245 g/mol. The van der Waals surface area contributed by atoms with Crippen LogP contribution in [0.3, 0.4) is 0 Å². The van der Waals surface area contributed by atoms with Gasteiger partial charge in [-0.3, -0.25) is 4.79 Å². The molecular weight excluding hydrogens is 226 g/mol. The number of rotatable bonds is 5. The van der Waals surface area contributed by atoms with Gasteiger partial charge in [0.1, 0.15) is 5.65 Å². The van der Waals surface area contributed by atoms with Gasteiger partial charge in [0, 0.05) is 18.9 Å².